The molecule has 1 fully saturated rings. The van der Waals surface area contributed by atoms with Crippen molar-refractivity contribution in [2.45, 2.75) is 18.9 Å². The summed E-state index contributed by atoms with van der Waals surface area (Å²) >= 11 is 17.7. The molecule has 2 aromatic carbocycles. The lowest BCUT2D eigenvalue weighted by molar-refractivity contribution is 0.131. The second-order valence-electron chi connectivity index (χ2n) is 6.37. The molecule has 8 heteroatoms. The number of rotatable bonds is 3. The number of hydrogen-bond donors (Lipinski definition) is 1. The fraction of sp³-hybridized carbons (Fsp3) is 0.316. The zero-order chi connectivity index (χ0) is 18.8. The standard InChI is InChI=1S/C19H18Cl2N2O3S/c20-12-1-3-16(15(21)9-12)22-19(27)23-7-5-13(6-8-23)26-14-2-4-17-18(10-14)25-11-24-17/h1-4,9-10,13H,5-8,11H2,(H,22,27). The molecule has 1 N–H and O–H groups in total. The molecule has 0 saturated carbocycles. The van der Waals surface area contributed by atoms with Gasteiger partial charge in [-0.25, -0.2) is 0 Å². The van der Waals surface area contributed by atoms with Crippen molar-refractivity contribution >= 4 is 46.2 Å². The van der Waals surface area contributed by atoms with Gasteiger partial charge in [0.05, 0.1) is 10.7 Å². The van der Waals surface area contributed by atoms with Crippen LogP contribution in [-0.4, -0.2) is 36.0 Å². The lowest BCUT2D eigenvalue weighted by Gasteiger charge is -2.34. The number of nitrogens with zero attached hydrogens (tertiary/aromatic N) is 1. The summed E-state index contributed by atoms with van der Waals surface area (Å²) in [6, 6.07) is 11.0. The minimum Gasteiger partial charge on any atom is -0.490 e. The maximum Gasteiger partial charge on any atom is 0.231 e. The average molecular weight is 425 g/mol. The van der Waals surface area contributed by atoms with Crippen molar-refractivity contribution in [2.75, 3.05) is 25.2 Å². The first-order valence-electron chi connectivity index (χ1n) is 8.66. The van der Waals surface area contributed by atoms with Gasteiger partial charge in [0.15, 0.2) is 16.6 Å². The monoisotopic (exact) mass is 424 g/mol. The van der Waals surface area contributed by atoms with E-state index in [2.05, 4.69) is 10.2 Å². The number of fused-ring (bicyclic) bond motifs is 1. The summed E-state index contributed by atoms with van der Waals surface area (Å²) in [5, 5.41) is 4.99. The summed E-state index contributed by atoms with van der Waals surface area (Å²) in [7, 11) is 0. The molecule has 2 heterocycles. The Kier molecular flexibility index (Phi) is 5.48. The highest BCUT2D eigenvalue weighted by atomic mass is 35.5. The van der Waals surface area contributed by atoms with E-state index < -0.39 is 0 Å². The first kappa shape index (κ1) is 18.5. The summed E-state index contributed by atoms with van der Waals surface area (Å²) < 4.78 is 16.8. The number of nitrogens with one attached hydrogen (secondary N) is 1. The number of halogens is 2. The number of piperidine rings is 1. The largest absolute Gasteiger partial charge is 0.490 e. The van der Waals surface area contributed by atoms with Crippen LogP contribution in [-0.2, 0) is 0 Å². The van der Waals surface area contributed by atoms with Crippen LogP contribution in [0.3, 0.4) is 0 Å². The zero-order valence-electron chi connectivity index (χ0n) is 14.4. The molecule has 5 nitrogen and oxygen atoms in total. The van der Waals surface area contributed by atoms with Crippen LogP contribution in [0.1, 0.15) is 12.8 Å². The van der Waals surface area contributed by atoms with Gasteiger partial charge in [0.25, 0.3) is 0 Å². The molecule has 0 bridgehead atoms. The SMILES string of the molecule is S=C(Nc1ccc(Cl)cc1Cl)N1CCC(Oc2ccc3c(c2)OCO3)CC1. The number of thiocarbonyl (C=S) groups is 1. The van der Waals surface area contributed by atoms with Gasteiger partial charge in [0, 0.05) is 37.0 Å². The fourth-order valence-corrected chi connectivity index (χ4v) is 3.85. The highest BCUT2D eigenvalue weighted by Gasteiger charge is 2.23. The van der Waals surface area contributed by atoms with Gasteiger partial charge in [-0.1, -0.05) is 23.2 Å². The van der Waals surface area contributed by atoms with Crippen molar-refractivity contribution in [2.24, 2.45) is 0 Å². The van der Waals surface area contributed by atoms with Crippen LogP contribution >= 0.6 is 35.4 Å². The van der Waals surface area contributed by atoms with Crippen LogP contribution in [0.2, 0.25) is 10.0 Å². The number of anilines is 1. The molecule has 2 aliphatic rings. The molecule has 0 amide bonds. The van der Waals surface area contributed by atoms with E-state index in [9.17, 15) is 0 Å². The van der Waals surface area contributed by atoms with Crippen LogP contribution < -0.4 is 19.5 Å². The van der Waals surface area contributed by atoms with E-state index in [1.807, 2.05) is 24.3 Å². The van der Waals surface area contributed by atoms with Crippen LogP contribution in [0.15, 0.2) is 36.4 Å². The Morgan fingerprint density at radius 3 is 2.63 bits per heavy atom. The van der Waals surface area contributed by atoms with E-state index in [1.165, 1.54) is 0 Å². The van der Waals surface area contributed by atoms with E-state index >= 15 is 0 Å². The highest BCUT2D eigenvalue weighted by molar-refractivity contribution is 7.80. The van der Waals surface area contributed by atoms with E-state index in [1.54, 1.807) is 12.1 Å². The second kappa shape index (κ2) is 8.00. The summed E-state index contributed by atoms with van der Waals surface area (Å²) in [5.41, 5.74) is 0.754. The van der Waals surface area contributed by atoms with E-state index in [0.717, 1.165) is 48.9 Å². The van der Waals surface area contributed by atoms with Crippen LogP contribution in [0.5, 0.6) is 17.2 Å². The molecule has 0 radical (unpaired) electrons. The van der Waals surface area contributed by atoms with Crippen molar-refractivity contribution in [3.63, 3.8) is 0 Å². The first-order chi connectivity index (χ1) is 13.1. The van der Waals surface area contributed by atoms with Crippen molar-refractivity contribution in [1.29, 1.82) is 0 Å². The van der Waals surface area contributed by atoms with Gasteiger partial charge in [-0.2, -0.15) is 0 Å². The summed E-state index contributed by atoms with van der Waals surface area (Å²) in [4.78, 5) is 2.12. The predicted octanol–water partition coefficient (Wildman–Crippen LogP) is 4.96. The summed E-state index contributed by atoms with van der Waals surface area (Å²) in [6.45, 7) is 1.89. The average Bonchev–Trinajstić information content (AvgIpc) is 3.12. The van der Waals surface area contributed by atoms with Crippen LogP contribution in [0, 0.1) is 0 Å². The molecule has 0 spiro atoms. The van der Waals surface area contributed by atoms with Crippen LogP contribution in [0.4, 0.5) is 5.69 Å². The Morgan fingerprint density at radius 2 is 1.85 bits per heavy atom. The van der Waals surface area contributed by atoms with E-state index in [0.29, 0.717) is 15.2 Å². The molecule has 0 aromatic heterocycles. The molecule has 1 saturated heterocycles. The van der Waals surface area contributed by atoms with Crippen molar-refractivity contribution in [3.05, 3.63) is 46.4 Å². The number of ether oxygens (including phenoxy) is 3. The molecular weight excluding hydrogens is 407 g/mol. The highest BCUT2D eigenvalue weighted by Crippen LogP contribution is 2.36. The van der Waals surface area contributed by atoms with E-state index in [-0.39, 0.29) is 12.9 Å². The predicted molar refractivity (Wildman–Crippen MR) is 110 cm³/mol. The molecule has 0 atom stereocenters. The van der Waals surface area contributed by atoms with Crippen molar-refractivity contribution in [3.8, 4) is 17.2 Å². The number of likely N-dealkylation sites (tertiary alicyclic amines) is 1. The lowest BCUT2D eigenvalue weighted by atomic mass is 10.1. The molecule has 27 heavy (non-hydrogen) atoms. The van der Waals surface area contributed by atoms with Crippen molar-refractivity contribution in [1.82, 2.24) is 4.90 Å². The lowest BCUT2D eigenvalue weighted by Crippen LogP contribution is -2.43. The van der Waals surface area contributed by atoms with Gasteiger partial charge in [-0.15, -0.1) is 0 Å². The third-order valence-electron chi connectivity index (χ3n) is 4.55. The molecule has 2 aromatic rings. The molecule has 2 aliphatic heterocycles. The Hall–Kier alpha value is -1.89. The number of benzene rings is 2. The Balaban J connectivity index is 1.30. The minimum atomic E-state index is 0.142. The quantitative estimate of drug-likeness (QED) is 0.702. The molecule has 142 valence electrons. The summed E-state index contributed by atoms with van der Waals surface area (Å²) in [6.07, 6.45) is 1.90. The fourth-order valence-electron chi connectivity index (χ4n) is 3.10. The zero-order valence-corrected chi connectivity index (χ0v) is 16.7. The normalized spacial score (nSPS) is 16.3. The molecule has 4 rings (SSSR count). The maximum atomic E-state index is 6.20. The van der Waals surface area contributed by atoms with Gasteiger partial charge in [-0.3, -0.25) is 0 Å². The van der Waals surface area contributed by atoms with Gasteiger partial charge in [-0.05, 0) is 42.5 Å². The molecule has 0 unspecified atom stereocenters. The first-order valence-corrected chi connectivity index (χ1v) is 9.82. The van der Waals surface area contributed by atoms with Crippen LogP contribution in [0.25, 0.3) is 0 Å². The maximum absolute atomic E-state index is 6.20. The summed E-state index contributed by atoms with van der Waals surface area (Å²) in [5.74, 6) is 2.29. The van der Waals surface area contributed by atoms with Gasteiger partial charge in [0.1, 0.15) is 11.9 Å². The van der Waals surface area contributed by atoms with Crippen molar-refractivity contribution < 1.29 is 14.2 Å². The second-order valence-corrected chi connectivity index (χ2v) is 7.60. The topological polar surface area (TPSA) is 43.0 Å². The molecular formula is C19H18Cl2N2O3S. The van der Waals surface area contributed by atoms with Gasteiger partial charge < -0.3 is 24.4 Å². The Bertz CT molecular complexity index is 857. The molecule has 0 aliphatic carbocycles. The Labute approximate surface area is 173 Å². The Morgan fingerprint density at radius 1 is 1.07 bits per heavy atom. The van der Waals surface area contributed by atoms with Gasteiger partial charge >= 0.3 is 0 Å². The smallest absolute Gasteiger partial charge is 0.231 e. The third kappa shape index (κ3) is 4.34. The van der Waals surface area contributed by atoms with E-state index in [4.69, 9.17) is 49.6 Å². The van der Waals surface area contributed by atoms with Gasteiger partial charge in [0.2, 0.25) is 6.79 Å². The third-order valence-corrected chi connectivity index (χ3v) is 5.46. The minimum absolute atomic E-state index is 0.142. The number of hydrogen-bond acceptors (Lipinski definition) is 4.